The van der Waals surface area contributed by atoms with Gasteiger partial charge in [-0.05, 0) is 57.5 Å². The molecular formula is C19H24O4S. The summed E-state index contributed by atoms with van der Waals surface area (Å²) in [6.07, 6.45) is -1.27. The van der Waals surface area contributed by atoms with Gasteiger partial charge in [-0.2, -0.15) is 0 Å². The highest BCUT2D eigenvalue weighted by Gasteiger charge is 2.33. The van der Waals surface area contributed by atoms with E-state index in [-0.39, 0.29) is 0 Å². The molecule has 1 aromatic heterocycles. The number of methoxy groups -OCH3 is 1. The summed E-state index contributed by atoms with van der Waals surface area (Å²) in [5.41, 5.74) is 0.199. The number of ether oxygens (including phenoxy) is 2. The third-order valence-electron chi connectivity index (χ3n) is 3.51. The summed E-state index contributed by atoms with van der Waals surface area (Å²) in [5.74, 6) is -0.356. The van der Waals surface area contributed by atoms with Gasteiger partial charge in [0.2, 0.25) is 0 Å². The van der Waals surface area contributed by atoms with Crippen LogP contribution in [0.25, 0.3) is 0 Å². The van der Waals surface area contributed by atoms with Gasteiger partial charge in [-0.15, -0.1) is 11.3 Å². The third kappa shape index (κ3) is 4.58. The molecule has 0 unspecified atom stereocenters. The highest BCUT2D eigenvalue weighted by Crippen LogP contribution is 2.34. The fourth-order valence-electron chi connectivity index (χ4n) is 2.43. The molecule has 0 amide bonds. The van der Waals surface area contributed by atoms with Crippen LogP contribution in [0, 0.1) is 6.92 Å². The minimum Gasteiger partial charge on any atom is -0.497 e. The van der Waals surface area contributed by atoms with E-state index >= 15 is 0 Å². The molecule has 1 N–H and O–H groups in total. The Morgan fingerprint density at radius 3 is 2.21 bits per heavy atom. The van der Waals surface area contributed by atoms with E-state index in [0.29, 0.717) is 0 Å². The van der Waals surface area contributed by atoms with Crippen LogP contribution >= 0.6 is 11.3 Å². The maximum atomic E-state index is 12.4. The third-order valence-corrected chi connectivity index (χ3v) is 4.59. The molecule has 2 atom stereocenters. The van der Waals surface area contributed by atoms with Crippen molar-refractivity contribution in [3.8, 4) is 5.75 Å². The lowest BCUT2D eigenvalue weighted by molar-refractivity contribution is -0.165. The van der Waals surface area contributed by atoms with Crippen LogP contribution in [-0.4, -0.2) is 29.9 Å². The number of benzene rings is 1. The standard InChI is InChI=1S/C19H24O4S/c1-12-6-11-15(24-12)16(13-7-9-14(22-5)10-8-13)17(20)18(21)23-19(2,3)4/h6-11,16-17,20H,1-5H3/t16-,17-/m0/s1. The Labute approximate surface area is 147 Å². The smallest absolute Gasteiger partial charge is 0.336 e. The van der Waals surface area contributed by atoms with Crippen LogP contribution in [0.15, 0.2) is 36.4 Å². The normalized spacial score (nSPS) is 14.1. The van der Waals surface area contributed by atoms with Crippen molar-refractivity contribution in [2.45, 2.75) is 45.3 Å². The lowest BCUT2D eigenvalue weighted by atomic mass is 9.91. The average Bonchev–Trinajstić information content (AvgIpc) is 2.92. The number of aliphatic hydroxyl groups excluding tert-OH is 1. The Hall–Kier alpha value is -1.85. The predicted octanol–water partition coefficient (Wildman–Crippen LogP) is 3.90. The molecule has 24 heavy (non-hydrogen) atoms. The first kappa shape index (κ1) is 18.5. The molecule has 0 aliphatic heterocycles. The summed E-state index contributed by atoms with van der Waals surface area (Å²) in [7, 11) is 1.60. The van der Waals surface area contributed by atoms with E-state index in [4.69, 9.17) is 9.47 Å². The summed E-state index contributed by atoms with van der Waals surface area (Å²) in [5, 5.41) is 10.7. The van der Waals surface area contributed by atoms with Gasteiger partial charge in [0.05, 0.1) is 13.0 Å². The molecule has 1 heterocycles. The SMILES string of the molecule is COc1ccc([C@@H](c2ccc(C)s2)[C@H](O)C(=O)OC(C)(C)C)cc1. The van der Waals surface area contributed by atoms with E-state index in [1.165, 1.54) is 0 Å². The van der Waals surface area contributed by atoms with E-state index in [1.54, 1.807) is 39.2 Å². The number of carbonyl (C=O) groups excluding carboxylic acids is 1. The first-order valence-electron chi connectivity index (χ1n) is 7.82. The molecule has 1 aromatic carbocycles. The van der Waals surface area contributed by atoms with E-state index in [9.17, 15) is 9.90 Å². The van der Waals surface area contributed by atoms with Crippen molar-refractivity contribution in [2.75, 3.05) is 7.11 Å². The van der Waals surface area contributed by atoms with Crippen molar-refractivity contribution >= 4 is 17.3 Å². The Balaban J connectivity index is 2.37. The molecule has 0 aliphatic carbocycles. The zero-order valence-electron chi connectivity index (χ0n) is 14.7. The lowest BCUT2D eigenvalue weighted by Crippen LogP contribution is -2.35. The van der Waals surface area contributed by atoms with Crippen LogP contribution in [0.1, 0.15) is 42.0 Å². The largest absolute Gasteiger partial charge is 0.497 e. The first-order valence-corrected chi connectivity index (χ1v) is 8.64. The summed E-state index contributed by atoms with van der Waals surface area (Å²) in [4.78, 5) is 14.4. The molecule has 0 saturated carbocycles. The zero-order valence-corrected chi connectivity index (χ0v) is 15.5. The summed E-state index contributed by atoms with van der Waals surface area (Å²) in [6, 6.07) is 11.3. The molecule has 2 rings (SSSR count). The van der Waals surface area contributed by atoms with Crippen molar-refractivity contribution in [1.29, 1.82) is 0 Å². The molecule has 5 heteroatoms. The van der Waals surface area contributed by atoms with Gasteiger partial charge in [0.1, 0.15) is 11.4 Å². The first-order chi connectivity index (χ1) is 11.2. The number of aryl methyl sites for hydroxylation is 1. The topological polar surface area (TPSA) is 55.8 Å². The van der Waals surface area contributed by atoms with Gasteiger partial charge in [-0.3, -0.25) is 0 Å². The van der Waals surface area contributed by atoms with Crippen molar-refractivity contribution in [3.05, 3.63) is 51.7 Å². The van der Waals surface area contributed by atoms with E-state index in [1.807, 2.05) is 43.3 Å². The Morgan fingerprint density at radius 2 is 1.75 bits per heavy atom. The molecule has 0 bridgehead atoms. The van der Waals surface area contributed by atoms with E-state index in [2.05, 4.69) is 0 Å². The maximum absolute atomic E-state index is 12.4. The monoisotopic (exact) mass is 348 g/mol. The second kappa shape index (κ2) is 7.36. The van der Waals surface area contributed by atoms with Crippen molar-refractivity contribution in [1.82, 2.24) is 0 Å². The Kier molecular flexibility index (Phi) is 5.67. The fourth-order valence-corrected chi connectivity index (χ4v) is 3.47. The Bertz CT molecular complexity index is 682. The van der Waals surface area contributed by atoms with Crippen molar-refractivity contribution in [2.24, 2.45) is 0 Å². The fraction of sp³-hybridized carbons (Fsp3) is 0.421. The second-order valence-electron chi connectivity index (χ2n) is 6.68. The van der Waals surface area contributed by atoms with Gasteiger partial charge in [-0.1, -0.05) is 12.1 Å². The molecule has 0 aliphatic rings. The average molecular weight is 348 g/mol. The highest BCUT2D eigenvalue weighted by molar-refractivity contribution is 7.12. The van der Waals surface area contributed by atoms with Gasteiger partial charge in [0, 0.05) is 9.75 Å². The maximum Gasteiger partial charge on any atom is 0.336 e. The summed E-state index contributed by atoms with van der Waals surface area (Å²) < 4.78 is 10.5. The molecule has 0 fully saturated rings. The summed E-state index contributed by atoms with van der Waals surface area (Å²) >= 11 is 1.57. The quantitative estimate of drug-likeness (QED) is 0.833. The molecule has 2 aromatic rings. The van der Waals surface area contributed by atoms with Gasteiger partial charge >= 0.3 is 5.97 Å². The predicted molar refractivity (Wildman–Crippen MR) is 95.7 cm³/mol. The van der Waals surface area contributed by atoms with Crippen LogP contribution < -0.4 is 4.74 Å². The highest BCUT2D eigenvalue weighted by atomic mass is 32.1. The number of esters is 1. The molecule has 0 saturated heterocycles. The Morgan fingerprint density at radius 1 is 1.12 bits per heavy atom. The number of hydrogen-bond donors (Lipinski definition) is 1. The molecule has 0 spiro atoms. The lowest BCUT2D eigenvalue weighted by Gasteiger charge is -2.26. The molecule has 0 radical (unpaired) electrons. The second-order valence-corrected chi connectivity index (χ2v) is 8.00. The van der Waals surface area contributed by atoms with Crippen LogP contribution in [0.4, 0.5) is 0 Å². The number of carbonyl (C=O) groups is 1. The molecule has 4 nitrogen and oxygen atoms in total. The van der Waals surface area contributed by atoms with Gasteiger partial charge in [0.15, 0.2) is 6.10 Å². The summed E-state index contributed by atoms with van der Waals surface area (Å²) in [6.45, 7) is 7.36. The van der Waals surface area contributed by atoms with E-state index < -0.39 is 23.6 Å². The number of hydrogen-bond acceptors (Lipinski definition) is 5. The van der Waals surface area contributed by atoms with Crippen LogP contribution in [0.3, 0.4) is 0 Å². The molecular weight excluding hydrogens is 324 g/mol. The van der Waals surface area contributed by atoms with Crippen molar-refractivity contribution < 1.29 is 19.4 Å². The number of aliphatic hydroxyl groups is 1. The van der Waals surface area contributed by atoms with Gasteiger partial charge in [-0.25, -0.2) is 4.79 Å². The molecule has 130 valence electrons. The van der Waals surface area contributed by atoms with Crippen LogP contribution in [0.5, 0.6) is 5.75 Å². The number of rotatable bonds is 5. The minimum absolute atomic E-state index is 0.468. The van der Waals surface area contributed by atoms with Crippen molar-refractivity contribution in [3.63, 3.8) is 0 Å². The van der Waals surface area contributed by atoms with Gasteiger partial charge in [0.25, 0.3) is 0 Å². The van der Waals surface area contributed by atoms with Gasteiger partial charge < -0.3 is 14.6 Å². The zero-order chi connectivity index (χ0) is 17.9. The minimum atomic E-state index is -1.27. The number of thiophene rings is 1. The van der Waals surface area contributed by atoms with Crippen LogP contribution in [0.2, 0.25) is 0 Å². The van der Waals surface area contributed by atoms with E-state index in [0.717, 1.165) is 21.1 Å². The van der Waals surface area contributed by atoms with Crippen LogP contribution in [-0.2, 0) is 9.53 Å².